The summed E-state index contributed by atoms with van der Waals surface area (Å²) >= 11 is 6.04. The maximum atomic E-state index is 12.7. The molecular weight excluding hydrogens is 414 g/mol. The molecule has 31 heavy (non-hydrogen) atoms. The minimum atomic E-state index is -0.114. The normalized spacial score (nSPS) is 10.8. The van der Waals surface area contributed by atoms with Gasteiger partial charge in [0.1, 0.15) is 17.1 Å². The topological polar surface area (TPSA) is 64.9 Å². The molecule has 0 fully saturated rings. The summed E-state index contributed by atoms with van der Waals surface area (Å²) < 4.78 is 12.6. The lowest BCUT2D eigenvalue weighted by Crippen LogP contribution is -2.14. The van der Waals surface area contributed by atoms with Crippen molar-refractivity contribution < 1.29 is 14.3 Å². The Kier molecular flexibility index (Phi) is 6.09. The highest BCUT2D eigenvalue weighted by Gasteiger charge is 2.16. The molecule has 1 amide bonds. The number of nitrogens with zero attached hydrogens (tertiary/aromatic N) is 2. The van der Waals surface area contributed by atoms with Gasteiger partial charge >= 0.3 is 0 Å². The number of benzene rings is 2. The summed E-state index contributed by atoms with van der Waals surface area (Å²) in [5.41, 5.74) is 4.21. The van der Waals surface area contributed by atoms with Gasteiger partial charge in [-0.15, -0.1) is 0 Å². The van der Waals surface area contributed by atoms with E-state index in [1.165, 1.54) is 0 Å². The first-order valence-electron chi connectivity index (χ1n) is 9.83. The molecule has 4 aromatic rings. The number of rotatable bonds is 7. The Morgan fingerprint density at radius 2 is 1.87 bits per heavy atom. The summed E-state index contributed by atoms with van der Waals surface area (Å²) in [7, 11) is 3.14. The van der Waals surface area contributed by atoms with E-state index in [9.17, 15) is 4.79 Å². The van der Waals surface area contributed by atoms with Crippen molar-refractivity contribution in [2.24, 2.45) is 0 Å². The van der Waals surface area contributed by atoms with Crippen molar-refractivity contribution in [2.45, 2.75) is 12.8 Å². The third-order valence-corrected chi connectivity index (χ3v) is 5.27. The molecule has 0 spiro atoms. The summed E-state index contributed by atoms with van der Waals surface area (Å²) in [6, 6.07) is 18.7. The van der Waals surface area contributed by atoms with Gasteiger partial charge in [0.05, 0.1) is 31.3 Å². The zero-order chi connectivity index (χ0) is 21.8. The van der Waals surface area contributed by atoms with Crippen molar-refractivity contribution >= 4 is 28.8 Å². The van der Waals surface area contributed by atoms with E-state index in [0.29, 0.717) is 35.1 Å². The zero-order valence-electron chi connectivity index (χ0n) is 17.3. The SMILES string of the molecule is COc1ccc(NC(=O)CCc2c(-c3ccc(Cl)cc3)nc3ccccn23)c(OC)c1. The summed E-state index contributed by atoms with van der Waals surface area (Å²) in [5.74, 6) is 1.09. The van der Waals surface area contributed by atoms with Crippen LogP contribution >= 0.6 is 11.6 Å². The number of halogens is 1. The second kappa shape index (κ2) is 9.10. The molecule has 4 rings (SSSR count). The van der Waals surface area contributed by atoms with Crippen LogP contribution < -0.4 is 14.8 Å². The third-order valence-electron chi connectivity index (χ3n) is 5.02. The minimum absolute atomic E-state index is 0.114. The van der Waals surface area contributed by atoms with E-state index in [-0.39, 0.29) is 5.91 Å². The highest BCUT2D eigenvalue weighted by atomic mass is 35.5. The van der Waals surface area contributed by atoms with E-state index in [2.05, 4.69) is 5.32 Å². The molecule has 1 N–H and O–H groups in total. The number of carbonyl (C=O) groups excluding carboxylic acids is 1. The molecule has 0 bridgehead atoms. The zero-order valence-corrected chi connectivity index (χ0v) is 18.0. The van der Waals surface area contributed by atoms with Crippen molar-refractivity contribution in [3.8, 4) is 22.8 Å². The number of hydrogen-bond acceptors (Lipinski definition) is 4. The van der Waals surface area contributed by atoms with Gasteiger partial charge in [-0.2, -0.15) is 0 Å². The predicted octanol–water partition coefficient (Wildman–Crippen LogP) is 5.24. The Bertz CT molecular complexity index is 1220. The number of methoxy groups -OCH3 is 2. The van der Waals surface area contributed by atoms with Crippen LogP contribution in [0, 0.1) is 0 Å². The maximum absolute atomic E-state index is 12.7. The van der Waals surface area contributed by atoms with Crippen LogP contribution in [0.3, 0.4) is 0 Å². The van der Waals surface area contributed by atoms with Gasteiger partial charge in [-0.1, -0.05) is 29.8 Å². The highest BCUT2D eigenvalue weighted by molar-refractivity contribution is 6.30. The first-order valence-corrected chi connectivity index (χ1v) is 10.2. The lowest BCUT2D eigenvalue weighted by molar-refractivity contribution is -0.116. The molecule has 0 aliphatic rings. The Hall–Kier alpha value is -3.51. The van der Waals surface area contributed by atoms with Crippen LogP contribution in [-0.2, 0) is 11.2 Å². The second-order valence-electron chi connectivity index (χ2n) is 6.96. The molecule has 2 aromatic heterocycles. The fourth-order valence-electron chi connectivity index (χ4n) is 3.47. The molecule has 2 heterocycles. The lowest BCUT2D eigenvalue weighted by Gasteiger charge is -2.12. The second-order valence-corrected chi connectivity index (χ2v) is 7.39. The molecule has 0 saturated heterocycles. The molecule has 6 nitrogen and oxygen atoms in total. The molecule has 0 aliphatic heterocycles. The average Bonchev–Trinajstić information content (AvgIpc) is 3.17. The first kappa shape index (κ1) is 20.8. The Morgan fingerprint density at radius 3 is 2.61 bits per heavy atom. The number of pyridine rings is 1. The van der Waals surface area contributed by atoms with Gasteiger partial charge in [0.15, 0.2) is 0 Å². The van der Waals surface area contributed by atoms with Crippen molar-refractivity contribution in [2.75, 3.05) is 19.5 Å². The van der Waals surface area contributed by atoms with Crippen molar-refractivity contribution in [1.29, 1.82) is 0 Å². The quantitative estimate of drug-likeness (QED) is 0.431. The van der Waals surface area contributed by atoms with E-state index in [1.807, 2.05) is 53.1 Å². The number of aryl methyl sites for hydroxylation is 1. The van der Waals surface area contributed by atoms with Gasteiger partial charge in [-0.25, -0.2) is 4.98 Å². The molecule has 7 heteroatoms. The van der Waals surface area contributed by atoms with E-state index in [0.717, 1.165) is 22.6 Å². The standard InChI is InChI=1S/C24H22ClN3O3/c1-30-18-10-11-19(21(15-18)31-2)26-23(29)13-12-20-24(16-6-8-17(25)9-7-16)27-22-5-3-4-14-28(20)22/h3-11,14-15H,12-13H2,1-2H3,(H,26,29). The molecule has 0 unspecified atom stereocenters. The van der Waals surface area contributed by atoms with E-state index in [4.69, 9.17) is 26.1 Å². The Morgan fingerprint density at radius 1 is 1.06 bits per heavy atom. The fraction of sp³-hybridized carbons (Fsp3) is 0.167. The van der Waals surface area contributed by atoms with Gasteiger partial charge in [-0.05, 0) is 42.8 Å². The summed E-state index contributed by atoms with van der Waals surface area (Å²) in [6.45, 7) is 0. The molecule has 0 atom stereocenters. The largest absolute Gasteiger partial charge is 0.497 e. The number of anilines is 1. The molecule has 0 saturated carbocycles. The van der Waals surface area contributed by atoms with Crippen LogP contribution in [0.25, 0.3) is 16.9 Å². The lowest BCUT2D eigenvalue weighted by atomic mass is 10.1. The number of ether oxygens (including phenoxy) is 2. The van der Waals surface area contributed by atoms with Gasteiger partial charge < -0.3 is 19.2 Å². The smallest absolute Gasteiger partial charge is 0.224 e. The van der Waals surface area contributed by atoms with E-state index >= 15 is 0 Å². The number of fused-ring (bicyclic) bond motifs is 1. The maximum Gasteiger partial charge on any atom is 0.224 e. The molecule has 158 valence electrons. The van der Waals surface area contributed by atoms with Crippen LogP contribution in [0.15, 0.2) is 66.9 Å². The Labute approximate surface area is 185 Å². The van der Waals surface area contributed by atoms with E-state index in [1.54, 1.807) is 32.4 Å². The van der Waals surface area contributed by atoms with E-state index < -0.39 is 0 Å². The fourth-order valence-corrected chi connectivity index (χ4v) is 3.60. The number of hydrogen-bond donors (Lipinski definition) is 1. The summed E-state index contributed by atoms with van der Waals surface area (Å²) in [6.07, 6.45) is 2.77. The Balaban J connectivity index is 1.57. The first-order chi connectivity index (χ1) is 15.1. The molecule has 2 aromatic carbocycles. The highest BCUT2D eigenvalue weighted by Crippen LogP contribution is 2.30. The number of imidazole rings is 1. The van der Waals surface area contributed by atoms with Gasteiger partial charge in [0.25, 0.3) is 0 Å². The number of amides is 1. The third kappa shape index (κ3) is 4.49. The van der Waals surface area contributed by atoms with Crippen LogP contribution in [0.4, 0.5) is 5.69 Å². The van der Waals surface area contributed by atoms with Crippen LogP contribution in [0.5, 0.6) is 11.5 Å². The molecule has 0 aliphatic carbocycles. The van der Waals surface area contributed by atoms with Crippen molar-refractivity contribution in [1.82, 2.24) is 9.38 Å². The predicted molar refractivity (Wildman–Crippen MR) is 122 cm³/mol. The monoisotopic (exact) mass is 435 g/mol. The number of aromatic nitrogens is 2. The van der Waals surface area contributed by atoms with Gasteiger partial charge in [-0.3, -0.25) is 4.79 Å². The van der Waals surface area contributed by atoms with Crippen LogP contribution in [0.2, 0.25) is 5.02 Å². The van der Waals surface area contributed by atoms with Gasteiger partial charge in [0.2, 0.25) is 5.91 Å². The molecular formula is C24H22ClN3O3. The number of nitrogens with one attached hydrogen (secondary N) is 1. The van der Waals surface area contributed by atoms with Crippen LogP contribution in [-0.4, -0.2) is 29.5 Å². The minimum Gasteiger partial charge on any atom is -0.497 e. The van der Waals surface area contributed by atoms with Crippen molar-refractivity contribution in [3.05, 3.63) is 77.6 Å². The number of carbonyl (C=O) groups is 1. The molecule has 0 radical (unpaired) electrons. The summed E-state index contributed by atoms with van der Waals surface area (Å²) in [4.78, 5) is 17.5. The average molecular weight is 436 g/mol. The summed E-state index contributed by atoms with van der Waals surface area (Å²) in [5, 5.41) is 3.59. The van der Waals surface area contributed by atoms with Gasteiger partial charge in [0, 0.05) is 29.3 Å². The van der Waals surface area contributed by atoms with Crippen LogP contribution in [0.1, 0.15) is 12.1 Å². The van der Waals surface area contributed by atoms with Crippen molar-refractivity contribution in [3.63, 3.8) is 0 Å².